The van der Waals surface area contributed by atoms with E-state index in [1.807, 2.05) is 0 Å². The van der Waals surface area contributed by atoms with Gasteiger partial charge < -0.3 is 16.2 Å². The van der Waals surface area contributed by atoms with Crippen molar-refractivity contribution in [3.8, 4) is 0 Å². The smallest absolute Gasteiger partial charge is 0.270 e. The van der Waals surface area contributed by atoms with E-state index in [0.717, 1.165) is 18.2 Å². The minimum atomic E-state index is -3.96. The number of hydrogen-bond acceptors (Lipinski definition) is 7. The number of benzene rings is 1. The van der Waals surface area contributed by atoms with Crippen LogP contribution in [0, 0.1) is 10.1 Å². The molecule has 0 aliphatic carbocycles. The third kappa shape index (κ3) is 2.58. The average molecular weight is 275 g/mol. The third-order valence-corrected chi connectivity index (χ3v) is 4.36. The summed E-state index contributed by atoms with van der Waals surface area (Å²) in [6.07, 6.45) is 0. The summed E-state index contributed by atoms with van der Waals surface area (Å²) in [4.78, 5) is 9.56. The predicted molar refractivity (Wildman–Crippen MR) is 64.5 cm³/mol. The second-order valence-electron chi connectivity index (χ2n) is 3.43. The standard InChI is InChI=1S/C9H13N3O5S/c1-17-9(5-10)18(15,16)8-4-6(12(13)14)2-3-7(8)11/h2-4,9H,5,10-11H2,1H3. The molecule has 0 saturated heterocycles. The molecule has 0 aromatic heterocycles. The van der Waals surface area contributed by atoms with Crippen molar-refractivity contribution < 1.29 is 18.1 Å². The van der Waals surface area contributed by atoms with Crippen LogP contribution in [0.4, 0.5) is 11.4 Å². The Morgan fingerprint density at radius 3 is 2.56 bits per heavy atom. The molecule has 0 bridgehead atoms. The molecule has 0 aliphatic heterocycles. The maximum absolute atomic E-state index is 12.1. The topological polar surface area (TPSA) is 139 Å². The lowest BCUT2D eigenvalue weighted by atomic mass is 10.3. The highest BCUT2D eigenvalue weighted by Crippen LogP contribution is 2.27. The van der Waals surface area contributed by atoms with E-state index in [1.54, 1.807) is 0 Å². The molecule has 0 spiro atoms. The van der Waals surface area contributed by atoms with Crippen molar-refractivity contribution in [3.05, 3.63) is 28.3 Å². The molecule has 0 amide bonds. The fraction of sp³-hybridized carbons (Fsp3) is 0.333. The first kappa shape index (κ1) is 14.4. The Bertz CT molecular complexity index is 553. The number of sulfone groups is 1. The highest BCUT2D eigenvalue weighted by atomic mass is 32.2. The van der Waals surface area contributed by atoms with Crippen molar-refractivity contribution in [2.75, 3.05) is 19.4 Å². The molecule has 1 rings (SSSR count). The molecular weight excluding hydrogens is 262 g/mol. The van der Waals surface area contributed by atoms with Crippen LogP contribution in [0.2, 0.25) is 0 Å². The number of hydrogen-bond donors (Lipinski definition) is 2. The number of nitro benzene ring substituents is 1. The number of nitro groups is 1. The van der Waals surface area contributed by atoms with Gasteiger partial charge in [0.1, 0.15) is 0 Å². The number of anilines is 1. The molecule has 9 heteroatoms. The minimum absolute atomic E-state index is 0.0869. The fourth-order valence-corrected chi connectivity index (χ4v) is 2.85. The molecule has 8 nitrogen and oxygen atoms in total. The molecule has 0 fully saturated rings. The van der Waals surface area contributed by atoms with Gasteiger partial charge in [0.2, 0.25) is 9.84 Å². The van der Waals surface area contributed by atoms with Crippen LogP contribution in [-0.4, -0.2) is 32.4 Å². The Kier molecular flexibility index (Phi) is 4.22. The van der Waals surface area contributed by atoms with Gasteiger partial charge in [-0.3, -0.25) is 10.1 Å². The summed E-state index contributed by atoms with van der Waals surface area (Å²) in [5.41, 5.74) is 9.06. The van der Waals surface area contributed by atoms with E-state index in [0.29, 0.717) is 0 Å². The lowest BCUT2D eigenvalue weighted by Crippen LogP contribution is -2.31. The number of nitrogen functional groups attached to an aromatic ring is 1. The lowest BCUT2D eigenvalue weighted by molar-refractivity contribution is -0.385. The summed E-state index contributed by atoms with van der Waals surface area (Å²) in [6, 6.07) is 3.18. The number of nitrogens with two attached hydrogens (primary N) is 2. The molecule has 18 heavy (non-hydrogen) atoms. The summed E-state index contributed by atoms with van der Waals surface area (Å²) in [5, 5.41) is 10.6. The van der Waals surface area contributed by atoms with E-state index in [9.17, 15) is 18.5 Å². The molecule has 4 N–H and O–H groups in total. The van der Waals surface area contributed by atoms with Gasteiger partial charge in [-0.25, -0.2) is 8.42 Å². The van der Waals surface area contributed by atoms with Crippen LogP contribution in [0.1, 0.15) is 0 Å². The first-order valence-corrected chi connectivity index (χ1v) is 6.40. The molecule has 1 atom stereocenters. The van der Waals surface area contributed by atoms with Crippen molar-refractivity contribution in [3.63, 3.8) is 0 Å². The van der Waals surface area contributed by atoms with Gasteiger partial charge in [-0.2, -0.15) is 0 Å². The van der Waals surface area contributed by atoms with E-state index in [2.05, 4.69) is 0 Å². The average Bonchev–Trinajstić information content (AvgIpc) is 2.30. The van der Waals surface area contributed by atoms with Crippen molar-refractivity contribution in [2.24, 2.45) is 5.73 Å². The SMILES string of the molecule is COC(CN)S(=O)(=O)c1cc([N+](=O)[O-])ccc1N. The van der Waals surface area contributed by atoms with Crippen molar-refractivity contribution in [1.82, 2.24) is 0 Å². The Labute approximate surface area is 104 Å². The van der Waals surface area contributed by atoms with Crippen LogP contribution >= 0.6 is 0 Å². The fourth-order valence-electron chi connectivity index (χ4n) is 1.37. The lowest BCUT2D eigenvalue weighted by Gasteiger charge is -2.15. The summed E-state index contributed by atoms with van der Waals surface area (Å²) in [5.74, 6) is 0. The Balaban J connectivity index is 3.40. The molecule has 100 valence electrons. The molecule has 0 radical (unpaired) electrons. The molecule has 0 heterocycles. The predicted octanol–water partition coefficient (Wildman–Crippen LogP) is -0.118. The van der Waals surface area contributed by atoms with Crippen molar-refractivity contribution in [1.29, 1.82) is 0 Å². The van der Waals surface area contributed by atoms with E-state index in [4.69, 9.17) is 16.2 Å². The zero-order valence-corrected chi connectivity index (χ0v) is 10.4. The maximum atomic E-state index is 12.1. The Morgan fingerprint density at radius 1 is 1.50 bits per heavy atom. The van der Waals surface area contributed by atoms with Gasteiger partial charge in [0.25, 0.3) is 5.69 Å². The van der Waals surface area contributed by atoms with E-state index in [-0.39, 0.29) is 22.8 Å². The van der Waals surface area contributed by atoms with Gasteiger partial charge in [-0.15, -0.1) is 0 Å². The molecule has 0 aliphatic rings. The first-order valence-electron chi connectivity index (χ1n) is 4.85. The number of rotatable bonds is 5. The first-order chi connectivity index (χ1) is 8.34. The van der Waals surface area contributed by atoms with Gasteiger partial charge >= 0.3 is 0 Å². The Hall–Kier alpha value is -1.71. The molecule has 1 aromatic rings. The summed E-state index contributed by atoms with van der Waals surface area (Å²) in [6.45, 7) is -0.277. The highest BCUT2D eigenvalue weighted by molar-refractivity contribution is 7.92. The zero-order valence-electron chi connectivity index (χ0n) is 9.57. The largest absolute Gasteiger partial charge is 0.398 e. The van der Waals surface area contributed by atoms with Gasteiger partial charge in [-0.05, 0) is 6.07 Å². The van der Waals surface area contributed by atoms with E-state index >= 15 is 0 Å². The van der Waals surface area contributed by atoms with Gasteiger partial charge in [0, 0.05) is 25.8 Å². The highest BCUT2D eigenvalue weighted by Gasteiger charge is 2.29. The number of methoxy groups -OCH3 is 1. The Morgan fingerprint density at radius 2 is 2.11 bits per heavy atom. The molecular formula is C9H13N3O5S. The van der Waals surface area contributed by atoms with Crippen LogP contribution in [0.3, 0.4) is 0 Å². The normalized spacial score (nSPS) is 13.2. The van der Waals surface area contributed by atoms with Gasteiger partial charge in [-0.1, -0.05) is 0 Å². The van der Waals surface area contributed by atoms with Crippen LogP contribution in [0.25, 0.3) is 0 Å². The van der Waals surface area contributed by atoms with E-state index < -0.39 is 20.2 Å². The quantitative estimate of drug-likeness (QED) is 0.434. The van der Waals surface area contributed by atoms with Gasteiger partial charge in [0.15, 0.2) is 5.44 Å². The van der Waals surface area contributed by atoms with Crippen molar-refractivity contribution in [2.45, 2.75) is 10.3 Å². The second-order valence-corrected chi connectivity index (χ2v) is 5.48. The number of non-ortho nitro benzene ring substituents is 1. The minimum Gasteiger partial charge on any atom is -0.398 e. The monoisotopic (exact) mass is 275 g/mol. The van der Waals surface area contributed by atoms with Gasteiger partial charge in [0.05, 0.1) is 15.5 Å². The summed E-state index contributed by atoms with van der Waals surface area (Å²) >= 11 is 0. The van der Waals surface area contributed by atoms with Crippen LogP contribution < -0.4 is 11.5 Å². The molecule has 1 unspecified atom stereocenters. The van der Waals surface area contributed by atoms with Crippen LogP contribution in [0.5, 0.6) is 0 Å². The number of ether oxygens (including phenoxy) is 1. The van der Waals surface area contributed by atoms with Crippen molar-refractivity contribution >= 4 is 21.2 Å². The van der Waals surface area contributed by atoms with Crippen LogP contribution in [0.15, 0.2) is 23.1 Å². The van der Waals surface area contributed by atoms with E-state index in [1.165, 1.54) is 7.11 Å². The third-order valence-electron chi connectivity index (χ3n) is 2.32. The molecule has 1 aromatic carbocycles. The maximum Gasteiger partial charge on any atom is 0.270 e. The second kappa shape index (κ2) is 5.29. The summed E-state index contributed by atoms with van der Waals surface area (Å²) in [7, 11) is -2.78. The summed E-state index contributed by atoms with van der Waals surface area (Å²) < 4.78 is 28.9. The number of nitrogens with zero attached hydrogens (tertiary/aromatic N) is 1. The van der Waals surface area contributed by atoms with Crippen LogP contribution in [-0.2, 0) is 14.6 Å². The molecule has 0 saturated carbocycles. The zero-order chi connectivity index (χ0) is 13.9.